The van der Waals surface area contributed by atoms with E-state index in [9.17, 15) is 4.79 Å². The first kappa shape index (κ1) is 13.5. The van der Waals surface area contributed by atoms with Crippen molar-refractivity contribution in [3.05, 3.63) is 0 Å². The monoisotopic (exact) mass is 229 g/mol. The van der Waals surface area contributed by atoms with E-state index in [2.05, 4.69) is 5.32 Å². The van der Waals surface area contributed by atoms with Crippen LogP contribution in [0.1, 0.15) is 39.5 Å². The summed E-state index contributed by atoms with van der Waals surface area (Å²) in [4.78, 5) is 11.3. The highest BCUT2D eigenvalue weighted by molar-refractivity contribution is 5.74. The van der Waals surface area contributed by atoms with Crippen molar-refractivity contribution in [2.45, 2.75) is 51.7 Å². The van der Waals surface area contributed by atoms with E-state index in [1.165, 1.54) is 19.3 Å². The van der Waals surface area contributed by atoms with E-state index in [0.29, 0.717) is 19.3 Å². The summed E-state index contributed by atoms with van der Waals surface area (Å²) < 4.78 is 10.3. The summed E-state index contributed by atoms with van der Waals surface area (Å²) in [5.74, 6) is -0.265. The average molecular weight is 229 g/mol. The van der Waals surface area contributed by atoms with Gasteiger partial charge >= 0.3 is 5.97 Å². The molecule has 1 rings (SSSR count). The molecular formula is C12H23NO3. The van der Waals surface area contributed by atoms with Gasteiger partial charge in [-0.2, -0.15) is 0 Å². The zero-order valence-electron chi connectivity index (χ0n) is 10.3. The standard InChI is InChI=1S/C12H23NO3/c1-3-15-12(14)10(2)16-9-7-11-6-4-5-8-13-11/h10-11,13H,3-9H2,1-2H3. The van der Waals surface area contributed by atoms with Crippen molar-refractivity contribution in [3.63, 3.8) is 0 Å². The van der Waals surface area contributed by atoms with Gasteiger partial charge in [-0.3, -0.25) is 0 Å². The average Bonchev–Trinajstić information content (AvgIpc) is 2.30. The Morgan fingerprint density at radius 1 is 1.50 bits per heavy atom. The molecule has 1 heterocycles. The summed E-state index contributed by atoms with van der Waals surface area (Å²) in [6.45, 7) is 5.69. The first-order valence-electron chi connectivity index (χ1n) is 6.25. The number of hydrogen-bond acceptors (Lipinski definition) is 4. The van der Waals surface area contributed by atoms with Gasteiger partial charge in [0, 0.05) is 12.6 Å². The summed E-state index contributed by atoms with van der Waals surface area (Å²) in [7, 11) is 0. The van der Waals surface area contributed by atoms with Crippen molar-refractivity contribution in [2.24, 2.45) is 0 Å². The van der Waals surface area contributed by atoms with Crippen LogP contribution < -0.4 is 5.32 Å². The second kappa shape index (κ2) is 7.63. The Bertz CT molecular complexity index is 202. The fourth-order valence-corrected chi connectivity index (χ4v) is 1.89. The van der Waals surface area contributed by atoms with Crippen LogP contribution in [0.5, 0.6) is 0 Å². The van der Waals surface area contributed by atoms with Crippen molar-refractivity contribution in [3.8, 4) is 0 Å². The van der Waals surface area contributed by atoms with Crippen LogP contribution in [0.4, 0.5) is 0 Å². The third kappa shape index (κ3) is 4.94. The lowest BCUT2D eigenvalue weighted by atomic mass is 10.0. The van der Waals surface area contributed by atoms with E-state index < -0.39 is 6.10 Å². The Balaban J connectivity index is 2.07. The summed E-state index contributed by atoms with van der Waals surface area (Å²) >= 11 is 0. The maximum atomic E-state index is 11.3. The molecule has 0 aliphatic carbocycles. The fourth-order valence-electron chi connectivity index (χ4n) is 1.89. The number of carbonyl (C=O) groups is 1. The Morgan fingerprint density at radius 2 is 2.31 bits per heavy atom. The van der Waals surface area contributed by atoms with Crippen LogP contribution in [0.2, 0.25) is 0 Å². The Kier molecular flexibility index (Phi) is 6.42. The zero-order chi connectivity index (χ0) is 11.8. The number of hydrogen-bond donors (Lipinski definition) is 1. The number of rotatable bonds is 6. The summed E-state index contributed by atoms with van der Waals surface area (Å²) in [5.41, 5.74) is 0. The molecule has 1 fully saturated rings. The lowest BCUT2D eigenvalue weighted by Gasteiger charge is -2.23. The third-order valence-electron chi connectivity index (χ3n) is 2.87. The maximum Gasteiger partial charge on any atom is 0.334 e. The van der Waals surface area contributed by atoms with Gasteiger partial charge in [0.15, 0.2) is 6.10 Å². The van der Waals surface area contributed by atoms with Crippen molar-refractivity contribution in [2.75, 3.05) is 19.8 Å². The lowest BCUT2D eigenvalue weighted by molar-refractivity contribution is -0.155. The minimum atomic E-state index is -0.441. The van der Waals surface area contributed by atoms with Crippen molar-refractivity contribution < 1.29 is 14.3 Å². The predicted molar refractivity (Wildman–Crippen MR) is 62.3 cm³/mol. The summed E-state index contributed by atoms with van der Waals surface area (Å²) in [5, 5.41) is 3.45. The van der Waals surface area contributed by atoms with E-state index in [1.807, 2.05) is 0 Å². The largest absolute Gasteiger partial charge is 0.464 e. The number of piperidine rings is 1. The molecule has 0 radical (unpaired) electrons. The first-order valence-corrected chi connectivity index (χ1v) is 6.25. The van der Waals surface area contributed by atoms with E-state index in [0.717, 1.165) is 13.0 Å². The Morgan fingerprint density at radius 3 is 2.94 bits per heavy atom. The highest BCUT2D eigenvalue weighted by atomic mass is 16.6. The van der Waals surface area contributed by atoms with E-state index in [1.54, 1.807) is 13.8 Å². The summed E-state index contributed by atoms with van der Waals surface area (Å²) in [6.07, 6.45) is 4.33. The van der Waals surface area contributed by atoms with Gasteiger partial charge in [-0.25, -0.2) is 4.79 Å². The molecule has 16 heavy (non-hydrogen) atoms. The number of ether oxygens (including phenoxy) is 2. The summed E-state index contributed by atoms with van der Waals surface area (Å²) in [6, 6.07) is 0.558. The molecule has 0 aromatic rings. The minimum Gasteiger partial charge on any atom is -0.464 e. The van der Waals surface area contributed by atoms with Gasteiger partial charge in [-0.05, 0) is 39.7 Å². The van der Waals surface area contributed by atoms with Crippen LogP contribution in [0.15, 0.2) is 0 Å². The van der Waals surface area contributed by atoms with Gasteiger partial charge in [-0.15, -0.1) is 0 Å². The zero-order valence-corrected chi connectivity index (χ0v) is 10.3. The molecule has 2 unspecified atom stereocenters. The molecule has 0 spiro atoms. The van der Waals surface area contributed by atoms with E-state index in [4.69, 9.17) is 9.47 Å². The second-order valence-electron chi connectivity index (χ2n) is 4.20. The van der Waals surface area contributed by atoms with Gasteiger partial charge in [0.2, 0.25) is 0 Å². The minimum absolute atomic E-state index is 0.265. The van der Waals surface area contributed by atoms with Gasteiger partial charge < -0.3 is 14.8 Å². The Hall–Kier alpha value is -0.610. The van der Waals surface area contributed by atoms with Crippen LogP contribution in [0.25, 0.3) is 0 Å². The molecule has 4 heteroatoms. The van der Waals surface area contributed by atoms with Crippen molar-refractivity contribution in [1.29, 1.82) is 0 Å². The molecule has 0 amide bonds. The smallest absolute Gasteiger partial charge is 0.334 e. The molecule has 2 atom stereocenters. The molecule has 1 aliphatic rings. The van der Waals surface area contributed by atoms with Gasteiger partial charge in [0.25, 0.3) is 0 Å². The molecule has 1 saturated heterocycles. The van der Waals surface area contributed by atoms with Gasteiger partial charge in [-0.1, -0.05) is 6.42 Å². The van der Waals surface area contributed by atoms with E-state index >= 15 is 0 Å². The Labute approximate surface area is 97.7 Å². The molecule has 4 nitrogen and oxygen atoms in total. The van der Waals surface area contributed by atoms with E-state index in [-0.39, 0.29) is 5.97 Å². The number of nitrogens with one attached hydrogen (secondary N) is 1. The highest BCUT2D eigenvalue weighted by Gasteiger charge is 2.16. The molecule has 0 saturated carbocycles. The molecule has 0 aromatic heterocycles. The SMILES string of the molecule is CCOC(=O)C(C)OCCC1CCCCN1. The fraction of sp³-hybridized carbons (Fsp3) is 0.917. The highest BCUT2D eigenvalue weighted by Crippen LogP contribution is 2.10. The van der Waals surface area contributed by atoms with Gasteiger partial charge in [0.1, 0.15) is 0 Å². The normalized spacial score (nSPS) is 22.8. The van der Waals surface area contributed by atoms with Crippen LogP contribution in [-0.2, 0) is 14.3 Å². The van der Waals surface area contributed by atoms with Crippen LogP contribution in [0, 0.1) is 0 Å². The molecule has 1 aliphatic heterocycles. The number of esters is 1. The predicted octanol–water partition coefficient (Wildman–Crippen LogP) is 1.49. The molecule has 94 valence electrons. The van der Waals surface area contributed by atoms with Crippen molar-refractivity contribution >= 4 is 5.97 Å². The van der Waals surface area contributed by atoms with Gasteiger partial charge in [0.05, 0.1) is 6.61 Å². The number of carbonyl (C=O) groups excluding carboxylic acids is 1. The third-order valence-corrected chi connectivity index (χ3v) is 2.87. The molecule has 0 aromatic carbocycles. The maximum absolute atomic E-state index is 11.3. The van der Waals surface area contributed by atoms with Crippen molar-refractivity contribution in [1.82, 2.24) is 5.32 Å². The first-order chi connectivity index (χ1) is 7.74. The second-order valence-corrected chi connectivity index (χ2v) is 4.20. The van der Waals surface area contributed by atoms with Crippen LogP contribution >= 0.6 is 0 Å². The lowest BCUT2D eigenvalue weighted by Crippen LogP contribution is -2.35. The molecular weight excluding hydrogens is 206 g/mol. The molecule has 1 N–H and O–H groups in total. The van der Waals surface area contributed by atoms with Crippen LogP contribution in [0.3, 0.4) is 0 Å². The molecule has 0 bridgehead atoms. The quantitative estimate of drug-likeness (QED) is 0.701. The van der Waals surface area contributed by atoms with Crippen LogP contribution in [-0.4, -0.2) is 37.9 Å². The topological polar surface area (TPSA) is 47.6 Å².